The first-order valence-corrected chi connectivity index (χ1v) is 6.15. The third-order valence-corrected chi connectivity index (χ3v) is 3.57. The molecule has 1 saturated carbocycles. The summed E-state index contributed by atoms with van der Waals surface area (Å²) in [5.74, 6) is 0.977. The minimum Gasteiger partial charge on any atom is -0.0587 e. The summed E-state index contributed by atoms with van der Waals surface area (Å²) in [5, 5.41) is 0. The summed E-state index contributed by atoms with van der Waals surface area (Å²) in [4.78, 5) is 0. The largest absolute Gasteiger partial charge is 0.0587 e. The molecule has 1 aromatic carbocycles. The molecule has 2 rings (SSSR count). The highest BCUT2D eigenvalue weighted by atomic mass is 14.2. The number of hydrogen-bond acceptors (Lipinski definition) is 0. The Morgan fingerprint density at radius 2 is 1.67 bits per heavy atom. The van der Waals surface area contributed by atoms with Gasteiger partial charge in [0.2, 0.25) is 0 Å². The molecule has 0 atom stereocenters. The summed E-state index contributed by atoms with van der Waals surface area (Å²) in [6, 6.07) is 9.24. The van der Waals surface area contributed by atoms with Crippen LogP contribution in [0.1, 0.15) is 51.2 Å². The van der Waals surface area contributed by atoms with Crippen LogP contribution in [0.4, 0.5) is 0 Å². The van der Waals surface area contributed by atoms with Gasteiger partial charge in [0.1, 0.15) is 0 Å². The first-order chi connectivity index (χ1) is 7.05. The van der Waals surface area contributed by atoms with Crippen molar-refractivity contribution < 1.29 is 0 Å². The van der Waals surface area contributed by atoms with Crippen LogP contribution in [0.3, 0.4) is 0 Å². The van der Waals surface area contributed by atoms with Crippen molar-refractivity contribution in [3.05, 3.63) is 35.4 Å². The molecule has 15 heavy (non-hydrogen) atoms. The van der Waals surface area contributed by atoms with E-state index in [9.17, 15) is 0 Å². The van der Waals surface area contributed by atoms with Gasteiger partial charge in [-0.1, -0.05) is 64.3 Å². The first-order valence-electron chi connectivity index (χ1n) is 6.15. The van der Waals surface area contributed by atoms with Gasteiger partial charge in [-0.15, -0.1) is 0 Å². The average Bonchev–Trinajstić information content (AvgIpc) is 2.11. The zero-order chi connectivity index (χ0) is 10.9. The molecule has 0 N–H and O–H groups in total. The molecule has 0 saturated heterocycles. The molecule has 0 nitrogen and oxygen atoms in total. The maximum Gasteiger partial charge on any atom is -0.0132 e. The molecular formula is C15H22. The Balaban J connectivity index is 2.03. The maximum atomic E-state index is 2.32. The van der Waals surface area contributed by atoms with Gasteiger partial charge in [0, 0.05) is 0 Å². The molecule has 1 aliphatic rings. The van der Waals surface area contributed by atoms with Crippen molar-refractivity contribution in [1.29, 1.82) is 0 Å². The van der Waals surface area contributed by atoms with E-state index in [1.807, 2.05) is 0 Å². The highest BCUT2D eigenvalue weighted by Gasteiger charge is 2.18. The smallest absolute Gasteiger partial charge is 0.0132 e. The molecule has 82 valence electrons. The summed E-state index contributed by atoms with van der Waals surface area (Å²) in [6.07, 6.45) is 5.64. The molecule has 0 bridgehead atoms. The Bertz CT molecular complexity index is 309. The minimum absolute atomic E-state index is 0.287. The van der Waals surface area contributed by atoms with E-state index in [4.69, 9.17) is 0 Å². The fourth-order valence-electron chi connectivity index (χ4n) is 2.17. The van der Waals surface area contributed by atoms with E-state index in [1.165, 1.54) is 36.8 Å². The number of benzene rings is 1. The van der Waals surface area contributed by atoms with Crippen LogP contribution in [0.2, 0.25) is 0 Å². The van der Waals surface area contributed by atoms with Crippen LogP contribution in [0.25, 0.3) is 0 Å². The zero-order valence-corrected chi connectivity index (χ0v) is 10.2. The normalized spacial score (nSPS) is 17.5. The van der Waals surface area contributed by atoms with Crippen LogP contribution in [-0.4, -0.2) is 0 Å². The van der Waals surface area contributed by atoms with Gasteiger partial charge in [0.05, 0.1) is 0 Å². The quantitative estimate of drug-likeness (QED) is 0.669. The van der Waals surface area contributed by atoms with Crippen molar-refractivity contribution in [2.45, 2.75) is 51.9 Å². The highest BCUT2D eigenvalue weighted by molar-refractivity contribution is 5.27. The summed E-state index contributed by atoms with van der Waals surface area (Å²) >= 11 is 0. The molecule has 0 aromatic heterocycles. The molecule has 0 radical (unpaired) electrons. The molecule has 0 amide bonds. The lowest BCUT2D eigenvalue weighted by Gasteiger charge is -2.25. The Morgan fingerprint density at radius 3 is 2.07 bits per heavy atom. The van der Waals surface area contributed by atoms with Crippen molar-refractivity contribution in [2.24, 2.45) is 5.92 Å². The Kier molecular flexibility index (Phi) is 2.86. The third kappa shape index (κ3) is 2.62. The van der Waals surface area contributed by atoms with E-state index in [2.05, 4.69) is 45.0 Å². The molecule has 0 heterocycles. The number of rotatable bonds is 2. The van der Waals surface area contributed by atoms with E-state index in [1.54, 1.807) is 0 Å². The van der Waals surface area contributed by atoms with Crippen LogP contribution < -0.4 is 0 Å². The van der Waals surface area contributed by atoms with Crippen LogP contribution in [-0.2, 0) is 11.8 Å². The van der Waals surface area contributed by atoms with Gasteiger partial charge in [-0.05, 0) is 28.9 Å². The predicted octanol–water partition coefficient (Wildman–Crippen LogP) is 4.33. The van der Waals surface area contributed by atoms with Crippen molar-refractivity contribution in [3.63, 3.8) is 0 Å². The lowest BCUT2D eigenvalue weighted by Crippen LogP contribution is -2.14. The molecule has 0 unspecified atom stereocenters. The van der Waals surface area contributed by atoms with Crippen molar-refractivity contribution >= 4 is 0 Å². The summed E-state index contributed by atoms with van der Waals surface area (Å²) in [5.41, 5.74) is 3.25. The van der Waals surface area contributed by atoms with Crippen LogP contribution >= 0.6 is 0 Å². The maximum absolute atomic E-state index is 2.32. The topological polar surface area (TPSA) is 0 Å². The Morgan fingerprint density at radius 1 is 1.07 bits per heavy atom. The van der Waals surface area contributed by atoms with Gasteiger partial charge < -0.3 is 0 Å². The van der Waals surface area contributed by atoms with Gasteiger partial charge in [0.25, 0.3) is 0 Å². The molecule has 1 aromatic rings. The number of hydrogen-bond donors (Lipinski definition) is 0. The zero-order valence-electron chi connectivity index (χ0n) is 10.2. The first kappa shape index (κ1) is 10.7. The van der Waals surface area contributed by atoms with Crippen molar-refractivity contribution in [3.8, 4) is 0 Å². The van der Waals surface area contributed by atoms with Gasteiger partial charge in [-0.2, -0.15) is 0 Å². The van der Waals surface area contributed by atoms with E-state index in [0.717, 1.165) is 5.92 Å². The van der Waals surface area contributed by atoms with Gasteiger partial charge in [-0.3, -0.25) is 0 Å². The van der Waals surface area contributed by atoms with Gasteiger partial charge in [-0.25, -0.2) is 0 Å². The second kappa shape index (κ2) is 4.00. The Hall–Kier alpha value is -0.780. The lowest BCUT2D eigenvalue weighted by atomic mass is 9.80. The van der Waals surface area contributed by atoms with E-state index in [-0.39, 0.29) is 5.41 Å². The minimum atomic E-state index is 0.287. The third-order valence-electron chi connectivity index (χ3n) is 3.57. The predicted molar refractivity (Wildman–Crippen MR) is 66.2 cm³/mol. The van der Waals surface area contributed by atoms with E-state index >= 15 is 0 Å². The second-order valence-electron chi connectivity index (χ2n) is 5.95. The Labute approximate surface area is 93.7 Å². The van der Waals surface area contributed by atoms with E-state index < -0.39 is 0 Å². The second-order valence-corrected chi connectivity index (χ2v) is 5.95. The van der Waals surface area contributed by atoms with Crippen LogP contribution in [0.15, 0.2) is 24.3 Å². The van der Waals surface area contributed by atoms with Crippen molar-refractivity contribution in [2.75, 3.05) is 0 Å². The average molecular weight is 202 g/mol. The van der Waals surface area contributed by atoms with E-state index in [0.29, 0.717) is 0 Å². The molecule has 1 fully saturated rings. The standard InChI is InChI=1S/C15H22/c1-15(2,3)14-9-7-13(8-10-14)11-12-5-4-6-12/h7-10,12H,4-6,11H2,1-3H3. The molecular weight excluding hydrogens is 180 g/mol. The highest BCUT2D eigenvalue weighted by Crippen LogP contribution is 2.30. The molecule has 0 aliphatic heterocycles. The van der Waals surface area contributed by atoms with Crippen LogP contribution in [0, 0.1) is 5.92 Å². The summed E-state index contributed by atoms with van der Waals surface area (Å²) in [7, 11) is 0. The van der Waals surface area contributed by atoms with Crippen molar-refractivity contribution in [1.82, 2.24) is 0 Å². The fraction of sp³-hybridized carbons (Fsp3) is 0.600. The summed E-state index contributed by atoms with van der Waals surface area (Å²) < 4.78 is 0. The van der Waals surface area contributed by atoms with Gasteiger partial charge >= 0.3 is 0 Å². The monoisotopic (exact) mass is 202 g/mol. The fourth-order valence-corrected chi connectivity index (χ4v) is 2.17. The lowest BCUT2D eigenvalue weighted by molar-refractivity contribution is 0.314. The SMILES string of the molecule is CC(C)(C)c1ccc(CC2CCC2)cc1. The molecule has 0 spiro atoms. The molecule has 0 heteroatoms. The van der Waals surface area contributed by atoms with Crippen LogP contribution in [0.5, 0.6) is 0 Å². The summed E-state index contributed by atoms with van der Waals surface area (Å²) in [6.45, 7) is 6.82. The van der Waals surface area contributed by atoms with Gasteiger partial charge in [0.15, 0.2) is 0 Å². The molecule has 1 aliphatic carbocycles.